The minimum Gasteiger partial charge on any atom is -0.477 e. The molecule has 1 saturated heterocycles. The number of rotatable bonds is 6. The zero-order valence-electron chi connectivity index (χ0n) is 15.3. The number of carboxylic acids is 1. The summed E-state index contributed by atoms with van der Waals surface area (Å²) in [5.41, 5.74) is 0.798. The van der Waals surface area contributed by atoms with Gasteiger partial charge in [-0.3, -0.25) is 19.3 Å². The van der Waals surface area contributed by atoms with Gasteiger partial charge in [-0.15, -0.1) is 11.8 Å². The number of hydrogen-bond donors (Lipinski definition) is 2. The van der Waals surface area contributed by atoms with Gasteiger partial charge < -0.3 is 15.2 Å². The second kappa shape index (κ2) is 8.71. The van der Waals surface area contributed by atoms with E-state index in [0.717, 1.165) is 4.90 Å². The summed E-state index contributed by atoms with van der Waals surface area (Å²) in [5, 5.41) is 12.1. The predicted molar refractivity (Wildman–Crippen MR) is 107 cm³/mol. The van der Waals surface area contributed by atoms with Gasteiger partial charge in [0.15, 0.2) is 0 Å². The van der Waals surface area contributed by atoms with Crippen molar-refractivity contribution in [3.63, 3.8) is 0 Å². The van der Waals surface area contributed by atoms with Crippen molar-refractivity contribution in [1.29, 1.82) is 0 Å². The van der Waals surface area contributed by atoms with Gasteiger partial charge in [-0.2, -0.15) is 0 Å². The van der Waals surface area contributed by atoms with Crippen molar-refractivity contribution in [3.05, 3.63) is 52.2 Å². The van der Waals surface area contributed by atoms with Crippen LogP contribution in [0.5, 0.6) is 0 Å². The smallest absolute Gasteiger partial charge is 0.352 e. The first kappa shape index (κ1) is 20.9. The van der Waals surface area contributed by atoms with E-state index in [-0.39, 0.29) is 18.1 Å². The van der Waals surface area contributed by atoms with Crippen LogP contribution in [0.4, 0.5) is 0 Å². The van der Waals surface area contributed by atoms with E-state index in [1.807, 2.05) is 0 Å². The van der Waals surface area contributed by atoms with Gasteiger partial charge in [0.2, 0.25) is 5.91 Å². The quantitative estimate of drug-likeness (QED) is 0.396. The maximum atomic E-state index is 12.5. The summed E-state index contributed by atoms with van der Waals surface area (Å²) in [4.78, 5) is 48.5. The Morgan fingerprint density at radius 3 is 2.76 bits per heavy atom. The largest absolute Gasteiger partial charge is 0.477 e. The number of esters is 1. The average molecular weight is 437 g/mol. The number of nitrogens with one attached hydrogen (secondary N) is 1. The molecule has 0 unspecified atom stereocenters. The maximum absolute atomic E-state index is 12.5. The van der Waals surface area contributed by atoms with E-state index in [0.29, 0.717) is 16.2 Å². The highest BCUT2D eigenvalue weighted by Crippen LogP contribution is 2.40. The number of nitrogens with zero attached hydrogens (tertiary/aromatic N) is 1. The molecule has 1 aromatic carbocycles. The third kappa shape index (κ3) is 4.46. The van der Waals surface area contributed by atoms with Crippen LogP contribution in [0.25, 0.3) is 6.08 Å². The lowest BCUT2D eigenvalue weighted by Gasteiger charge is -2.49. The van der Waals surface area contributed by atoms with Crippen molar-refractivity contribution in [2.75, 3.05) is 12.4 Å². The second-order valence-electron chi connectivity index (χ2n) is 6.29. The molecule has 2 N–H and O–H groups in total. The molecule has 0 spiro atoms. The highest BCUT2D eigenvalue weighted by molar-refractivity contribution is 8.00. The lowest BCUT2D eigenvalue weighted by Crippen LogP contribution is -2.70. The van der Waals surface area contributed by atoms with Crippen molar-refractivity contribution in [2.24, 2.45) is 0 Å². The van der Waals surface area contributed by atoms with Gasteiger partial charge in [0.05, 0.1) is 0 Å². The molecular formula is C19H17ClN2O6S. The monoisotopic (exact) mass is 436 g/mol. The molecule has 2 heterocycles. The summed E-state index contributed by atoms with van der Waals surface area (Å²) < 4.78 is 4.88. The van der Waals surface area contributed by atoms with E-state index in [4.69, 9.17) is 16.3 Å². The lowest BCUT2D eigenvalue weighted by atomic mass is 10.0. The zero-order valence-corrected chi connectivity index (χ0v) is 16.8. The molecule has 29 heavy (non-hydrogen) atoms. The average Bonchev–Trinajstić information content (AvgIpc) is 2.68. The third-order valence-electron chi connectivity index (χ3n) is 4.32. The number of amides is 2. The second-order valence-corrected chi connectivity index (χ2v) is 7.80. The summed E-state index contributed by atoms with van der Waals surface area (Å²) in [5.74, 6) is -2.57. The zero-order chi connectivity index (χ0) is 21.1. The molecule has 10 heteroatoms. The number of carboxylic acid groups (broad SMARTS) is 1. The fourth-order valence-electron chi connectivity index (χ4n) is 2.96. The van der Waals surface area contributed by atoms with Crippen LogP contribution in [0.1, 0.15) is 12.5 Å². The van der Waals surface area contributed by atoms with E-state index < -0.39 is 35.2 Å². The van der Waals surface area contributed by atoms with Crippen LogP contribution in [0.3, 0.4) is 0 Å². The van der Waals surface area contributed by atoms with Gasteiger partial charge in [0, 0.05) is 29.3 Å². The van der Waals surface area contributed by atoms with Crippen LogP contribution < -0.4 is 5.32 Å². The fraction of sp³-hybridized carbons (Fsp3) is 0.263. The molecular weight excluding hydrogens is 420 g/mol. The summed E-state index contributed by atoms with van der Waals surface area (Å²) >= 11 is 7.33. The molecule has 0 radical (unpaired) electrons. The summed E-state index contributed by atoms with van der Waals surface area (Å²) in [6.45, 7) is 1.02. The SMILES string of the molecule is CC(=O)OCC1=C(C(=O)O)N2C(=O)[C@@H](NC(=O)/C=C/c3ccccc3Cl)[C@H]2SC1. The Kier molecular flexibility index (Phi) is 6.29. The van der Waals surface area contributed by atoms with Gasteiger partial charge in [0.1, 0.15) is 23.7 Å². The van der Waals surface area contributed by atoms with E-state index in [1.165, 1.54) is 30.8 Å². The van der Waals surface area contributed by atoms with Gasteiger partial charge >= 0.3 is 11.9 Å². The van der Waals surface area contributed by atoms with Gasteiger partial charge in [-0.25, -0.2) is 4.79 Å². The Morgan fingerprint density at radius 2 is 2.10 bits per heavy atom. The molecule has 0 saturated carbocycles. The molecule has 1 fully saturated rings. The molecule has 8 nitrogen and oxygen atoms in total. The topological polar surface area (TPSA) is 113 Å². The number of ether oxygens (including phenoxy) is 1. The minimum absolute atomic E-state index is 0.196. The number of β-lactam (4-membered cyclic amide) rings is 1. The van der Waals surface area contributed by atoms with Gasteiger partial charge in [-0.05, 0) is 17.7 Å². The van der Waals surface area contributed by atoms with Crippen LogP contribution in [-0.4, -0.2) is 57.5 Å². The molecule has 0 aromatic heterocycles. The summed E-state index contributed by atoms with van der Waals surface area (Å²) in [6, 6.07) is 6.15. The molecule has 2 aliphatic heterocycles. The Labute approximate surface area is 175 Å². The van der Waals surface area contributed by atoms with Crippen LogP contribution >= 0.6 is 23.4 Å². The number of benzene rings is 1. The Balaban J connectivity index is 1.69. The number of halogens is 1. The normalized spacial score (nSPS) is 20.9. The number of hydrogen-bond acceptors (Lipinski definition) is 6. The molecule has 0 bridgehead atoms. The minimum atomic E-state index is -1.28. The molecule has 2 aliphatic rings. The van der Waals surface area contributed by atoms with E-state index in [9.17, 15) is 24.3 Å². The molecule has 2 amide bonds. The first-order chi connectivity index (χ1) is 13.8. The maximum Gasteiger partial charge on any atom is 0.352 e. The number of thioether (sulfide) groups is 1. The van der Waals surface area contributed by atoms with Crippen molar-refractivity contribution < 1.29 is 29.0 Å². The fourth-order valence-corrected chi connectivity index (χ4v) is 4.49. The van der Waals surface area contributed by atoms with Crippen molar-refractivity contribution in [1.82, 2.24) is 10.2 Å². The molecule has 0 aliphatic carbocycles. The number of carbonyl (C=O) groups is 4. The third-order valence-corrected chi connectivity index (χ3v) is 6.00. The molecule has 3 rings (SSSR count). The number of aliphatic carboxylic acids is 1. The number of fused-ring (bicyclic) bond motifs is 1. The summed E-state index contributed by atoms with van der Waals surface area (Å²) in [7, 11) is 0. The lowest BCUT2D eigenvalue weighted by molar-refractivity contribution is -0.150. The number of carbonyl (C=O) groups excluding carboxylic acids is 3. The highest BCUT2D eigenvalue weighted by Gasteiger charge is 2.54. The van der Waals surface area contributed by atoms with Gasteiger partial charge in [0.25, 0.3) is 5.91 Å². The first-order valence-electron chi connectivity index (χ1n) is 8.56. The Hall–Kier alpha value is -2.78. The Morgan fingerprint density at radius 1 is 1.38 bits per heavy atom. The van der Waals surface area contributed by atoms with Crippen molar-refractivity contribution in [3.8, 4) is 0 Å². The van der Waals surface area contributed by atoms with Crippen LogP contribution in [0.2, 0.25) is 5.02 Å². The highest BCUT2D eigenvalue weighted by atomic mass is 35.5. The molecule has 152 valence electrons. The Bertz CT molecular complexity index is 944. The van der Waals surface area contributed by atoms with Crippen LogP contribution in [0, 0.1) is 0 Å². The summed E-state index contributed by atoms with van der Waals surface area (Å²) in [6.07, 6.45) is 2.80. The molecule has 2 atom stereocenters. The molecule has 1 aromatic rings. The first-order valence-corrected chi connectivity index (χ1v) is 9.98. The standard InChI is InChI=1S/C19H17ClN2O6S/c1-10(23)28-8-12-9-29-18-15(17(25)22(18)16(12)19(26)27)21-14(24)7-6-11-4-2-3-5-13(11)20/h2-7,15,18H,8-9H2,1H3,(H,21,24)(H,26,27)/b7-6+/t15-,18-/m1/s1. The van der Waals surface area contributed by atoms with Crippen molar-refractivity contribution >= 4 is 53.2 Å². The van der Waals surface area contributed by atoms with E-state index in [2.05, 4.69) is 5.32 Å². The van der Waals surface area contributed by atoms with Crippen LogP contribution in [-0.2, 0) is 23.9 Å². The van der Waals surface area contributed by atoms with Crippen LogP contribution in [0.15, 0.2) is 41.6 Å². The predicted octanol–water partition coefficient (Wildman–Crippen LogP) is 1.65. The van der Waals surface area contributed by atoms with Crippen molar-refractivity contribution in [2.45, 2.75) is 18.3 Å². The van der Waals surface area contributed by atoms with E-state index >= 15 is 0 Å². The van der Waals surface area contributed by atoms with E-state index in [1.54, 1.807) is 24.3 Å². The van der Waals surface area contributed by atoms with Gasteiger partial charge in [-0.1, -0.05) is 29.8 Å².